The minimum atomic E-state index is -1.87. The Balaban J connectivity index is 1.68. The van der Waals surface area contributed by atoms with E-state index in [-0.39, 0.29) is 17.2 Å². The molecule has 27 heavy (non-hydrogen) atoms. The number of hydrogen-bond donors (Lipinski definition) is 1. The lowest BCUT2D eigenvalue weighted by molar-refractivity contribution is -0.109. The molecule has 1 aliphatic heterocycles. The fourth-order valence-electron chi connectivity index (χ4n) is 3.02. The number of imidazole rings is 1. The van der Waals surface area contributed by atoms with Gasteiger partial charge in [-0.1, -0.05) is 44.0 Å². The molecule has 0 saturated carbocycles. The first kappa shape index (κ1) is 21.1. The number of ether oxygens (including phenoxy) is 1. The quantitative estimate of drug-likeness (QED) is 0.688. The highest BCUT2D eigenvalue weighted by molar-refractivity contribution is 6.74. The van der Waals surface area contributed by atoms with E-state index in [2.05, 4.69) is 38.8 Å². The van der Waals surface area contributed by atoms with Gasteiger partial charge in [-0.05, 0) is 36.7 Å². The molecule has 1 saturated heterocycles. The van der Waals surface area contributed by atoms with Gasteiger partial charge < -0.3 is 18.8 Å². The maximum absolute atomic E-state index is 10.6. The van der Waals surface area contributed by atoms with Crippen molar-refractivity contribution in [1.29, 1.82) is 0 Å². The smallest absolute Gasteiger partial charge is 0.192 e. The van der Waals surface area contributed by atoms with Gasteiger partial charge in [-0.2, -0.15) is 0 Å². The van der Waals surface area contributed by atoms with Crippen molar-refractivity contribution in [3.63, 3.8) is 0 Å². The number of benzene rings is 1. The number of halogens is 2. The van der Waals surface area contributed by atoms with Crippen LogP contribution in [0, 0.1) is 0 Å². The van der Waals surface area contributed by atoms with Gasteiger partial charge in [0.25, 0.3) is 0 Å². The average Bonchev–Trinajstić information content (AvgIpc) is 2.95. The Labute approximate surface area is 171 Å². The van der Waals surface area contributed by atoms with Crippen LogP contribution in [0.2, 0.25) is 28.2 Å². The van der Waals surface area contributed by atoms with Crippen LogP contribution in [0.3, 0.4) is 0 Å². The largest absolute Gasteiger partial charge is 0.414 e. The molecule has 3 atom stereocenters. The molecule has 0 bridgehead atoms. The van der Waals surface area contributed by atoms with Gasteiger partial charge in [-0.25, -0.2) is 4.98 Å². The van der Waals surface area contributed by atoms with Crippen LogP contribution in [0.15, 0.2) is 18.5 Å². The highest BCUT2D eigenvalue weighted by Gasteiger charge is 2.39. The Morgan fingerprint density at radius 2 is 1.96 bits per heavy atom. The highest BCUT2D eigenvalue weighted by atomic mass is 35.5. The second kappa shape index (κ2) is 7.65. The number of fused-ring (bicyclic) bond motifs is 1. The molecular formula is C19H28Cl2N2O3Si. The summed E-state index contributed by atoms with van der Waals surface area (Å²) in [6, 6.07) is 3.56. The number of aromatic nitrogens is 2. The van der Waals surface area contributed by atoms with Crippen molar-refractivity contribution in [2.45, 2.75) is 63.6 Å². The van der Waals surface area contributed by atoms with Crippen LogP contribution in [0.1, 0.15) is 33.2 Å². The predicted molar refractivity (Wildman–Crippen MR) is 112 cm³/mol. The lowest BCUT2D eigenvalue weighted by atomic mass is 10.0. The Hall–Kier alpha value is -0.633. The molecule has 1 aromatic heterocycles. The Bertz CT molecular complexity index is 819. The molecule has 1 N–H and O–H groups in total. The van der Waals surface area contributed by atoms with E-state index < -0.39 is 14.4 Å². The van der Waals surface area contributed by atoms with Crippen LogP contribution in [0.5, 0.6) is 0 Å². The number of rotatable bonds is 4. The summed E-state index contributed by atoms with van der Waals surface area (Å²) >= 11 is 12.2. The van der Waals surface area contributed by atoms with E-state index in [1.165, 1.54) is 0 Å². The maximum atomic E-state index is 10.6. The average molecular weight is 431 g/mol. The molecule has 0 radical (unpaired) electrons. The van der Waals surface area contributed by atoms with E-state index >= 15 is 0 Å². The predicted octanol–water partition coefficient (Wildman–Crippen LogP) is 5.06. The Morgan fingerprint density at radius 3 is 2.59 bits per heavy atom. The number of aliphatic hydroxyl groups excluding tert-OH is 1. The van der Waals surface area contributed by atoms with E-state index in [0.29, 0.717) is 29.7 Å². The second-order valence-corrected chi connectivity index (χ2v) is 14.4. The molecule has 2 aromatic rings. The lowest BCUT2D eigenvalue weighted by Gasteiger charge is -2.39. The Morgan fingerprint density at radius 1 is 1.30 bits per heavy atom. The molecule has 0 amide bonds. The van der Waals surface area contributed by atoms with Gasteiger partial charge in [0.05, 0.1) is 52.8 Å². The van der Waals surface area contributed by atoms with Gasteiger partial charge in [-0.15, -0.1) is 0 Å². The molecule has 5 nitrogen and oxygen atoms in total. The van der Waals surface area contributed by atoms with Crippen molar-refractivity contribution < 1.29 is 14.3 Å². The summed E-state index contributed by atoms with van der Waals surface area (Å²) < 4.78 is 14.2. The van der Waals surface area contributed by atoms with E-state index in [0.717, 1.165) is 11.0 Å². The maximum Gasteiger partial charge on any atom is 0.192 e. The van der Waals surface area contributed by atoms with E-state index in [4.69, 9.17) is 32.4 Å². The third-order valence-electron chi connectivity index (χ3n) is 5.87. The van der Waals surface area contributed by atoms with Gasteiger partial charge in [0.15, 0.2) is 8.32 Å². The number of aliphatic hydroxyl groups is 1. The standard InChI is InChI=1S/C19H28Cl2N2O3Si/c1-19(2,3)27(4,5)26-10-18-17(24)6-12(9-25-18)23-11-22-15-7-13(20)14(21)8-16(15)23/h7-8,11-12,17-18,24H,6,9-10H2,1-5H3. The van der Waals surface area contributed by atoms with E-state index in [1.54, 1.807) is 12.4 Å². The number of nitrogens with zero attached hydrogens (tertiary/aromatic N) is 2. The molecule has 8 heteroatoms. The summed E-state index contributed by atoms with van der Waals surface area (Å²) in [6.45, 7) is 11.9. The summed E-state index contributed by atoms with van der Waals surface area (Å²) in [7, 11) is -1.87. The molecule has 1 aliphatic rings. The topological polar surface area (TPSA) is 56.5 Å². The highest BCUT2D eigenvalue weighted by Crippen LogP contribution is 2.37. The molecule has 0 spiro atoms. The molecular weight excluding hydrogens is 403 g/mol. The molecule has 2 heterocycles. The van der Waals surface area contributed by atoms with Crippen molar-refractivity contribution in [2.75, 3.05) is 13.2 Å². The van der Waals surface area contributed by atoms with Crippen molar-refractivity contribution in [1.82, 2.24) is 9.55 Å². The molecule has 3 unspecified atom stereocenters. The minimum absolute atomic E-state index is 0.00800. The third kappa shape index (κ3) is 4.36. The van der Waals surface area contributed by atoms with E-state index in [1.807, 2.05) is 10.6 Å². The zero-order chi connectivity index (χ0) is 20.0. The molecule has 150 valence electrons. The first-order chi connectivity index (χ1) is 12.5. The van der Waals surface area contributed by atoms with Crippen LogP contribution >= 0.6 is 23.2 Å². The minimum Gasteiger partial charge on any atom is -0.414 e. The first-order valence-corrected chi connectivity index (χ1v) is 12.9. The fourth-order valence-corrected chi connectivity index (χ4v) is 4.35. The van der Waals surface area contributed by atoms with Crippen LogP contribution in [0.25, 0.3) is 11.0 Å². The zero-order valence-electron chi connectivity index (χ0n) is 16.5. The third-order valence-corrected chi connectivity index (χ3v) is 11.1. The lowest BCUT2D eigenvalue weighted by Crippen LogP contribution is -2.47. The second-order valence-electron chi connectivity index (χ2n) is 8.81. The molecule has 3 rings (SSSR count). The summed E-state index contributed by atoms with van der Waals surface area (Å²) in [5, 5.41) is 11.7. The summed E-state index contributed by atoms with van der Waals surface area (Å²) in [6.07, 6.45) is 1.44. The van der Waals surface area contributed by atoms with Crippen LogP contribution in [0.4, 0.5) is 0 Å². The van der Waals surface area contributed by atoms with Crippen molar-refractivity contribution in [3.8, 4) is 0 Å². The fraction of sp³-hybridized carbons (Fsp3) is 0.632. The van der Waals surface area contributed by atoms with Gasteiger partial charge in [0.1, 0.15) is 6.10 Å². The van der Waals surface area contributed by atoms with Crippen molar-refractivity contribution in [2.24, 2.45) is 0 Å². The monoisotopic (exact) mass is 430 g/mol. The van der Waals surface area contributed by atoms with Gasteiger partial charge in [0.2, 0.25) is 0 Å². The molecule has 1 aromatic carbocycles. The summed E-state index contributed by atoms with van der Waals surface area (Å²) in [5.41, 5.74) is 1.67. The summed E-state index contributed by atoms with van der Waals surface area (Å²) in [5.74, 6) is 0. The van der Waals surface area contributed by atoms with Gasteiger partial charge in [-0.3, -0.25) is 0 Å². The zero-order valence-corrected chi connectivity index (χ0v) is 19.0. The number of hydrogen-bond acceptors (Lipinski definition) is 4. The summed E-state index contributed by atoms with van der Waals surface area (Å²) in [4.78, 5) is 4.40. The van der Waals surface area contributed by atoms with Crippen LogP contribution in [-0.2, 0) is 9.16 Å². The van der Waals surface area contributed by atoms with Crippen LogP contribution < -0.4 is 0 Å². The van der Waals surface area contributed by atoms with Gasteiger partial charge >= 0.3 is 0 Å². The first-order valence-electron chi connectivity index (χ1n) is 9.25. The molecule has 1 fully saturated rings. The van der Waals surface area contributed by atoms with Gasteiger partial charge in [0, 0.05) is 0 Å². The van der Waals surface area contributed by atoms with Crippen LogP contribution in [-0.4, -0.2) is 48.4 Å². The van der Waals surface area contributed by atoms with Crippen molar-refractivity contribution >= 4 is 42.6 Å². The molecule has 0 aliphatic carbocycles. The van der Waals surface area contributed by atoms with E-state index in [9.17, 15) is 5.11 Å². The van der Waals surface area contributed by atoms with Crippen molar-refractivity contribution in [3.05, 3.63) is 28.5 Å². The Kier molecular flexibility index (Phi) is 5.98. The normalized spacial score (nSPS) is 24.5. The SMILES string of the molecule is CC(C)(C)[Si](C)(C)OCC1OCC(n2cnc3cc(Cl)c(Cl)cc32)CC1O.